The van der Waals surface area contributed by atoms with Crippen LogP contribution in [0.2, 0.25) is 5.02 Å². The molecule has 10 heteroatoms. The fourth-order valence-electron chi connectivity index (χ4n) is 2.29. The van der Waals surface area contributed by atoms with Gasteiger partial charge in [0.05, 0.1) is 22.5 Å². The molecule has 3 rings (SSSR count). The normalized spacial score (nSPS) is 10.8. The van der Waals surface area contributed by atoms with E-state index in [0.717, 1.165) is 0 Å². The second kappa shape index (κ2) is 7.94. The molecule has 0 aliphatic carbocycles. The standard InChI is InChI=1S/C18H9ClF3N5O/c19-12-6-13(20)11(14(21)15(12)22)8-24-27-18-25-16(9-4-2-1-3-5-9)10(7-23)17(28)26-18/h1-6,8H,(H2,25,26,27,28). The van der Waals surface area contributed by atoms with Gasteiger partial charge >= 0.3 is 0 Å². The van der Waals surface area contributed by atoms with Crippen LogP contribution in [-0.2, 0) is 0 Å². The summed E-state index contributed by atoms with van der Waals surface area (Å²) in [5.74, 6) is -4.24. The van der Waals surface area contributed by atoms with Crippen molar-refractivity contribution in [3.63, 3.8) is 0 Å². The first-order valence-corrected chi connectivity index (χ1v) is 8.02. The molecule has 0 aliphatic heterocycles. The Morgan fingerprint density at radius 2 is 1.93 bits per heavy atom. The van der Waals surface area contributed by atoms with E-state index in [2.05, 4.69) is 20.5 Å². The molecule has 0 saturated carbocycles. The number of anilines is 1. The van der Waals surface area contributed by atoms with Crippen LogP contribution in [0.15, 0.2) is 46.3 Å². The van der Waals surface area contributed by atoms with E-state index in [1.54, 1.807) is 36.4 Å². The van der Waals surface area contributed by atoms with Crippen LogP contribution in [0.1, 0.15) is 11.1 Å². The Balaban J connectivity index is 1.96. The third-order valence-electron chi connectivity index (χ3n) is 3.59. The SMILES string of the molecule is N#Cc1c(-c2ccccc2)nc(NN=Cc2c(F)cc(Cl)c(F)c2F)[nH]c1=O. The topological polar surface area (TPSA) is 93.9 Å². The van der Waals surface area contributed by atoms with E-state index in [1.165, 1.54) is 0 Å². The average molecular weight is 404 g/mol. The van der Waals surface area contributed by atoms with Crippen LogP contribution in [0, 0.1) is 28.8 Å². The van der Waals surface area contributed by atoms with Crippen molar-refractivity contribution in [2.45, 2.75) is 0 Å². The number of aromatic amines is 1. The number of nitrogens with one attached hydrogen (secondary N) is 2. The molecule has 28 heavy (non-hydrogen) atoms. The maximum Gasteiger partial charge on any atom is 0.270 e. The van der Waals surface area contributed by atoms with Crippen LogP contribution in [0.4, 0.5) is 19.1 Å². The molecule has 0 amide bonds. The molecule has 0 saturated heterocycles. The van der Waals surface area contributed by atoms with Crippen molar-refractivity contribution in [1.82, 2.24) is 9.97 Å². The van der Waals surface area contributed by atoms with Crippen LogP contribution in [0.3, 0.4) is 0 Å². The van der Waals surface area contributed by atoms with Crippen LogP contribution < -0.4 is 11.0 Å². The summed E-state index contributed by atoms with van der Waals surface area (Å²) in [6.07, 6.45) is 0.671. The fraction of sp³-hybridized carbons (Fsp3) is 0. The average Bonchev–Trinajstić information content (AvgIpc) is 2.69. The number of rotatable bonds is 4. The number of halogens is 4. The van der Waals surface area contributed by atoms with Crippen molar-refractivity contribution in [2.75, 3.05) is 5.43 Å². The van der Waals surface area contributed by atoms with Gasteiger partial charge in [0.25, 0.3) is 5.56 Å². The van der Waals surface area contributed by atoms with Gasteiger partial charge in [0, 0.05) is 5.56 Å². The minimum atomic E-state index is -1.51. The van der Waals surface area contributed by atoms with Gasteiger partial charge in [-0.15, -0.1) is 0 Å². The minimum absolute atomic E-state index is 0.0967. The number of hydrogen-bond acceptors (Lipinski definition) is 5. The lowest BCUT2D eigenvalue weighted by molar-refractivity contribution is 0.493. The molecule has 0 radical (unpaired) electrons. The third-order valence-corrected chi connectivity index (χ3v) is 3.87. The van der Waals surface area contributed by atoms with Crippen molar-refractivity contribution in [3.8, 4) is 17.3 Å². The summed E-state index contributed by atoms with van der Waals surface area (Å²) in [6, 6.07) is 10.8. The molecule has 2 aromatic carbocycles. The number of hydrazone groups is 1. The van der Waals surface area contributed by atoms with E-state index in [4.69, 9.17) is 11.6 Å². The van der Waals surface area contributed by atoms with Gasteiger partial charge in [-0.3, -0.25) is 9.78 Å². The van der Waals surface area contributed by atoms with Gasteiger partial charge in [-0.2, -0.15) is 10.4 Å². The monoisotopic (exact) mass is 403 g/mol. The fourth-order valence-corrected chi connectivity index (χ4v) is 2.47. The summed E-state index contributed by atoms with van der Waals surface area (Å²) in [5.41, 5.74) is 1.18. The zero-order chi connectivity index (χ0) is 20.3. The van der Waals surface area contributed by atoms with Gasteiger partial charge in [0.15, 0.2) is 11.6 Å². The second-order valence-corrected chi connectivity index (χ2v) is 5.78. The highest BCUT2D eigenvalue weighted by atomic mass is 35.5. The molecule has 3 aromatic rings. The van der Waals surface area contributed by atoms with Crippen molar-refractivity contribution in [2.24, 2.45) is 5.10 Å². The summed E-state index contributed by atoms with van der Waals surface area (Å²) in [5, 5.41) is 12.0. The van der Waals surface area contributed by atoms with E-state index < -0.39 is 33.6 Å². The Hall–Kier alpha value is -3.64. The first kappa shape index (κ1) is 19.1. The van der Waals surface area contributed by atoms with Crippen molar-refractivity contribution in [1.29, 1.82) is 5.26 Å². The lowest BCUT2D eigenvalue weighted by Crippen LogP contribution is -2.16. The Morgan fingerprint density at radius 1 is 1.21 bits per heavy atom. The highest BCUT2D eigenvalue weighted by Gasteiger charge is 2.17. The van der Waals surface area contributed by atoms with Crippen LogP contribution in [0.5, 0.6) is 0 Å². The van der Waals surface area contributed by atoms with Crippen LogP contribution >= 0.6 is 11.6 Å². The van der Waals surface area contributed by atoms with Crippen molar-refractivity contribution >= 4 is 23.8 Å². The van der Waals surface area contributed by atoms with Gasteiger partial charge in [-0.1, -0.05) is 41.9 Å². The molecular formula is C18H9ClF3N5O. The summed E-state index contributed by atoms with van der Waals surface area (Å²) in [7, 11) is 0. The summed E-state index contributed by atoms with van der Waals surface area (Å²) >= 11 is 5.35. The zero-order valence-electron chi connectivity index (χ0n) is 13.8. The first-order chi connectivity index (χ1) is 13.4. The van der Waals surface area contributed by atoms with E-state index in [-0.39, 0.29) is 17.2 Å². The number of benzene rings is 2. The van der Waals surface area contributed by atoms with Crippen molar-refractivity contribution in [3.05, 3.63) is 80.4 Å². The second-order valence-electron chi connectivity index (χ2n) is 5.37. The smallest absolute Gasteiger partial charge is 0.270 e. The van der Waals surface area contributed by atoms with E-state index in [1.807, 2.05) is 0 Å². The first-order valence-electron chi connectivity index (χ1n) is 7.64. The molecule has 140 valence electrons. The summed E-state index contributed by atoms with van der Waals surface area (Å²) in [4.78, 5) is 18.5. The molecule has 6 nitrogen and oxygen atoms in total. The molecule has 0 unspecified atom stereocenters. The highest BCUT2D eigenvalue weighted by Crippen LogP contribution is 2.23. The number of H-pyrrole nitrogens is 1. The number of nitrogens with zero attached hydrogens (tertiary/aromatic N) is 3. The number of aromatic nitrogens is 2. The molecule has 0 atom stereocenters. The van der Waals surface area contributed by atoms with E-state index in [9.17, 15) is 23.2 Å². The lowest BCUT2D eigenvalue weighted by Gasteiger charge is -2.06. The maximum absolute atomic E-state index is 13.8. The quantitative estimate of drug-likeness (QED) is 0.299. The van der Waals surface area contributed by atoms with Crippen molar-refractivity contribution < 1.29 is 13.2 Å². The van der Waals surface area contributed by atoms with Crippen LogP contribution in [0.25, 0.3) is 11.3 Å². The number of hydrogen-bond donors (Lipinski definition) is 2. The van der Waals surface area contributed by atoms with Gasteiger partial charge in [-0.05, 0) is 6.07 Å². The molecule has 0 aliphatic rings. The molecule has 0 fully saturated rings. The molecule has 0 bridgehead atoms. The minimum Gasteiger partial charge on any atom is -0.290 e. The predicted octanol–water partition coefficient (Wildman–Crippen LogP) is 3.83. The summed E-state index contributed by atoms with van der Waals surface area (Å²) in [6.45, 7) is 0. The molecule has 2 N–H and O–H groups in total. The Bertz CT molecular complexity index is 1170. The third kappa shape index (κ3) is 3.72. The van der Waals surface area contributed by atoms with Gasteiger partial charge in [0.1, 0.15) is 17.4 Å². The molecule has 1 heterocycles. The Labute approximate surface area is 160 Å². The van der Waals surface area contributed by atoms with Gasteiger partial charge in [-0.25, -0.2) is 23.6 Å². The maximum atomic E-state index is 13.8. The lowest BCUT2D eigenvalue weighted by atomic mass is 10.1. The molecule has 0 spiro atoms. The largest absolute Gasteiger partial charge is 0.290 e. The zero-order valence-corrected chi connectivity index (χ0v) is 14.6. The highest BCUT2D eigenvalue weighted by molar-refractivity contribution is 6.30. The predicted molar refractivity (Wildman–Crippen MR) is 97.6 cm³/mol. The van der Waals surface area contributed by atoms with E-state index >= 15 is 0 Å². The molecule has 1 aromatic heterocycles. The van der Waals surface area contributed by atoms with Crippen LogP contribution in [-0.4, -0.2) is 16.2 Å². The Kier molecular flexibility index (Phi) is 5.42. The van der Waals surface area contributed by atoms with Gasteiger partial charge < -0.3 is 0 Å². The van der Waals surface area contributed by atoms with E-state index in [0.29, 0.717) is 17.8 Å². The Morgan fingerprint density at radius 3 is 2.61 bits per heavy atom. The number of nitriles is 1. The summed E-state index contributed by atoms with van der Waals surface area (Å²) < 4.78 is 41.0. The molecular weight excluding hydrogens is 395 g/mol. The van der Waals surface area contributed by atoms with Gasteiger partial charge in [0.2, 0.25) is 5.95 Å².